The molecule has 1 rings (SSSR count). The number of nitrogen functional groups attached to an aromatic ring is 1. The fourth-order valence-electron chi connectivity index (χ4n) is 1.01. The van der Waals surface area contributed by atoms with Gasteiger partial charge in [-0.05, 0) is 34.5 Å². The van der Waals surface area contributed by atoms with Crippen LogP contribution in [0, 0.1) is 0 Å². The number of hydrogen-bond acceptors (Lipinski definition) is 4. The molecule has 0 spiro atoms. The number of pyridine rings is 1. The molecule has 0 fully saturated rings. The van der Waals surface area contributed by atoms with Crippen molar-refractivity contribution in [3.05, 3.63) is 22.4 Å². The Balaban J connectivity index is 2.76. The van der Waals surface area contributed by atoms with Gasteiger partial charge in [0.25, 0.3) is 0 Å². The van der Waals surface area contributed by atoms with E-state index >= 15 is 0 Å². The second-order valence-electron chi connectivity index (χ2n) is 2.66. The van der Waals surface area contributed by atoms with E-state index in [9.17, 15) is 4.79 Å². The molecule has 1 aromatic heterocycles. The Morgan fingerprint density at radius 2 is 2.43 bits per heavy atom. The summed E-state index contributed by atoms with van der Waals surface area (Å²) >= 11 is 3.19. The molecule has 14 heavy (non-hydrogen) atoms. The average Bonchev–Trinajstić information content (AvgIpc) is 2.13. The summed E-state index contributed by atoms with van der Waals surface area (Å²) in [5.74, 6) is -0.280. The number of anilines is 1. The Morgan fingerprint density at radius 1 is 1.71 bits per heavy atom. The van der Waals surface area contributed by atoms with Gasteiger partial charge in [0, 0.05) is 6.20 Å². The van der Waals surface area contributed by atoms with Crippen LogP contribution in [-0.4, -0.2) is 17.6 Å². The minimum atomic E-state index is -0.280. The van der Waals surface area contributed by atoms with Gasteiger partial charge >= 0.3 is 5.97 Å². The van der Waals surface area contributed by atoms with Crippen molar-refractivity contribution in [2.45, 2.75) is 13.3 Å². The lowest BCUT2D eigenvalue weighted by Gasteiger charge is -2.05. The van der Waals surface area contributed by atoms with Crippen molar-refractivity contribution < 1.29 is 9.53 Å². The molecular weight excluding hydrogens is 248 g/mol. The summed E-state index contributed by atoms with van der Waals surface area (Å²) in [6, 6.07) is 1.71. The molecule has 1 aromatic rings. The zero-order valence-corrected chi connectivity index (χ0v) is 9.37. The van der Waals surface area contributed by atoms with Crippen molar-refractivity contribution in [3.63, 3.8) is 0 Å². The molecule has 0 unspecified atom stereocenters. The van der Waals surface area contributed by atoms with E-state index in [0.717, 1.165) is 5.56 Å². The summed E-state index contributed by atoms with van der Waals surface area (Å²) in [5, 5.41) is 0. The highest BCUT2D eigenvalue weighted by Crippen LogP contribution is 2.20. The first-order valence-electron chi connectivity index (χ1n) is 4.19. The Labute approximate surface area is 90.6 Å². The number of nitrogens with two attached hydrogens (primary N) is 1. The van der Waals surface area contributed by atoms with Crippen LogP contribution in [0.5, 0.6) is 0 Å². The highest BCUT2D eigenvalue weighted by atomic mass is 79.9. The number of nitrogens with zero attached hydrogens (tertiary/aromatic N) is 1. The number of rotatable bonds is 3. The van der Waals surface area contributed by atoms with Gasteiger partial charge in [0.2, 0.25) is 0 Å². The maximum absolute atomic E-state index is 11.2. The Hall–Kier alpha value is -1.10. The van der Waals surface area contributed by atoms with Crippen LogP contribution in [0.3, 0.4) is 0 Å². The second-order valence-corrected chi connectivity index (χ2v) is 3.41. The van der Waals surface area contributed by atoms with E-state index in [4.69, 9.17) is 10.5 Å². The molecule has 0 aliphatic heterocycles. The predicted molar refractivity (Wildman–Crippen MR) is 56.7 cm³/mol. The molecule has 0 aromatic carbocycles. The third kappa shape index (κ3) is 2.70. The van der Waals surface area contributed by atoms with Crippen molar-refractivity contribution in [1.29, 1.82) is 0 Å². The highest BCUT2D eigenvalue weighted by Gasteiger charge is 2.09. The summed E-state index contributed by atoms with van der Waals surface area (Å²) in [7, 11) is 0. The third-order valence-corrected chi connectivity index (χ3v) is 2.30. The standard InChI is InChI=1S/C9H11BrN2O2/c1-2-14-7(13)5-6-3-4-12-9(10)8(6)11/h3-4H,2,5,11H2,1H3. The van der Waals surface area contributed by atoms with Crippen LogP contribution in [0.1, 0.15) is 12.5 Å². The lowest BCUT2D eigenvalue weighted by molar-refractivity contribution is -0.142. The molecule has 0 atom stereocenters. The van der Waals surface area contributed by atoms with Crippen molar-refractivity contribution >= 4 is 27.6 Å². The van der Waals surface area contributed by atoms with Crippen LogP contribution in [0.4, 0.5) is 5.69 Å². The van der Waals surface area contributed by atoms with Gasteiger partial charge in [-0.25, -0.2) is 4.98 Å². The van der Waals surface area contributed by atoms with Gasteiger partial charge < -0.3 is 10.5 Å². The zero-order valence-electron chi connectivity index (χ0n) is 7.79. The Morgan fingerprint density at radius 3 is 3.07 bits per heavy atom. The second kappa shape index (κ2) is 4.95. The van der Waals surface area contributed by atoms with Gasteiger partial charge in [0.05, 0.1) is 18.7 Å². The molecular formula is C9H11BrN2O2. The van der Waals surface area contributed by atoms with E-state index in [2.05, 4.69) is 20.9 Å². The number of esters is 1. The van der Waals surface area contributed by atoms with Crippen molar-refractivity contribution in [3.8, 4) is 0 Å². The topological polar surface area (TPSA) is 65.2 Å². The molecule has 0 saturated carbocycles. The summed E-state index contributed by atoms with van der Waals surface area (Å²) in [5.41, 5.74) is 6.92. The molecule has 0 saturated heterocycles. The Kier molecular flexibility index (Phi) is 3.88. The number of carbonyl (C=O) groups is 1. The van der Waals surface area contributed by atoms with Crippen molar-refractivity contribution in [1.82, 2.24) is 4.98 Å². The highest BCUT2D eigenvalue weighted by molar-refractivity contribution is 9.10. The van der Waals surface area contributed by atoms with E-state index in [1.165, 1.54) is 0 Å². The quantitative estimate of drug-likeness (QED) is 0.660. The molecule has 2 N–H and O–H groups in total. The van der Waals surface area contributed by atoms with Crippen LogP contribution in [0.2, 0.25) is 0 Å². The van der Waals surface area contributed by atoms with Gasteiger partial charge in [-0.1, -0.05) is 0 Å². The third-order valence-electron chi connectivity index (χ3n) is 1.67. The molecule has 5 heteroatoms. The van der Waals surface area contributed by atoms with E-state index in [1.54, 1.807) is 19.2 Å². The van der Waals surface area contributed by atoms with Gasteiger partial charge in [-0.15, -0.1) is 0 Å². The van der Waals surface area contributed by atoms with Gasteiger partial charge in [0.1, 0.15) is 4.60 Å². The molecule has 0 aliphatic rings. The van der Waals surface area contributed by atoms with Gasteiger partial charge in [0.15, 0.2) is 0 Å². The van der Waals surface area contributed by atoms with Crippen LogP contribution >= 0.6 is 15.9 Å². The largest absolute Gasteiger partial charge is 0.466 e. The average molecular weight is 259 g/mol. The maximum Gasteiger partial charge on any atom is 0.310 e. The van der Waals surface area contributed by atoms with Gasteiger partial charge in [-0.2, -0.15) is 0 Å². The number of ether oxygens (including phenoxy) is 1. The van der Waals surface area contributed by atoms with E-state index in [0.29, 0.717) is 16.9 Å². The fourth-order valence-corrected chi connectivity index (χ4v) is 1.38. The SMILES string of the molecule is CCOC(=O)Cc1ccnc(Br)c1N. The fraction of sp³-hybridized carbons (Fsp3) is 0.333. The molecule has 0 aliphatic carbocycles. The number of hydrogen-bond donors (Lipinski definition) is 1. The molecule has 0 bridgehead atoms. The summed E-state index contributed by atoms with van der Waals surface area (Å²) in [6.45, 7) is 2.15. The van der Waals surface area contributed by atoms with Crippen LogP contribution in [0.25, 0.3) is 0 Å². The minimum absolute atomic E-state index is 0.181. The summed E-state index contributed by atoms with van der Waals surface area (Å²) in [6.07, 6.45) is 1.77. The molecule has 0 amide bonds. The first-order valence-corrected chi connectivity index (χ1v) is 4.99. The zero-order chi connectivity index (χ0) is 10.6. The minimum Gasteiger partial charge on any atom is -0.466 e. The predicted octanol–water partition coefficient (Wildman–Crippen LogP) is 1.53. The molecule has 4 nitrogen and oxygen atoms in total. The molecule has 76 valence electrons. The normalized spacial score (nSPS) is 9.86. The number of carbonyl (C=O) groups excluding carboxylic acids is 1. The number of halogens is 1. The van der Waals surface area contributed by atoms with E-state index < -0.39 is 0 Å². The van der Waals surface area contributed by atoms with E-state index in [1.807, 2.05) is 0 Å². The van der Waals surface area contributed by atoms with Crippen LogP contribution in [-0.2, 0) is 16.0 Å². The van der Waals surface area contributed by atoms with Crippen molar-refractivity contribution in [2.75, 3.05) is 12.3 Å². The van der Waals surface area contributed by atoms with E-state index in [-0.39, 0.29) is 12.4 Å². The Bertz CT molecular complexity index is 342. The first-order chi connectivity index (χ1) is 6.65. The lowest BCUT2D eigenvalue weighted by Crippen LogP contribution is -2.09. The van der Waals surface area contributed by atoms with Crippen molar-refractivity contribution in [2.24, 2.45) is 0 Å². The molecule has 0 radical (unpaired) electrons. The lowest BCUT2D eigenvalue weighted by atomic mass is 10.2. The maximum atomic E-state index is 11.2. The van der Waals surface area contributed by atoms with Crippen LogP contribution in [0.15, 0.2) is 16.9 Å². The number of aromatic nitrogens is 1. The summed E-state index contributed by atoms with van der Waals surface area (Å²) < 4.78 is 5.37. The smallest absolute Gasteiger partial charge is 0.310 e. The molecule has 1 heterocycles. The van der Waals surface area contributed by atoms with Crippen LogP contribution < -0.4 is 5.73 Å². The monoisotopic (exact) mass is 258 g/mol. The van der Waals surface area contributed by atoms with Gasteiger partial charge in [-0.3, -0.25) is 4.79 Å². The first kappa shape index (κ1) is 11.0. The summed E-state index contributed by atoms with van der Waals surface area (Å²) in [4.78, 5) is 15.1.